The van der Waals surface area contributed by atoms with E-state index in [4.69, 9.17) is 0 Å². The number of aryl methyl sites for hydroxylation is 1. The van der Waals surface area contributed by atoms with Crippen LogP contribution >= 0.6 is 0 Å². The Balaban J connectivity index is 1.48. The molecule has 3 atom stereocenters. The Bertz CT molecular complexity index is 1240. The summed E-state index contributed by atoms with van der Waals surface area (Å²) in [5.41, 5.74) is 5.88. The van der Waals surface area contributed by atoms with Gasteiger partial charge in [0, 0.05) is 19.2 Å². The zero-order valence-corrected chi connectivity index (χ0v) is 21.2. The molecule has 3 aromatic rings. The average molecular weight is 523 g/mol. The number of rotatable bonds is 11. The number of hydrazine groups is 1. The standard InChI is InChI=1S/C29H32F2N4O3/c1-2-19-7-6-8-20(11-19)17-32-18-27(36)25(14-21-12-22(30)15-23(31)13-21)33-29(38)26-16-28(37)34-35(26)24-9-4-3-5-10-24/h3-13,15,25-27,32,36H,2,14,16-18H2,1H3,(H,33,38)(H,34,37)/t25-,26?,27+/m0/s1. The van der Waals surface area contributed by atoms with Crippen molar-refractivity contribution in [3.63, 3.8) is 0 Å². The molecule has 1 heterocycles. The van der Waals surface area contributed by atoms with E-state index in [0.717, 1.165) is 18.1 Å². The van der Waals surface area contributed by atoms with Crippen LogP contribution in [0.4, 0.5) is 14.5 Å². The van der Waals surface area contributed by atoms with E-state index in [1.54, 1.807) is 24.3 Å². The lowest BCUT2D eigenvalue weighted by Crippen LogP contribution is -2.54. The molecule has 1 saturated heterocycles. The van der Waals surface area contributed by atoms with Crippen LogP contribution in [0.2, 0.25) is 0 Å². The second kappa shape index (κ2) is 12.6. The number of nitrogens with zero attached hydrogens (tertiary/aromatic N) is 1. The predicted octanol–water partition coefficient (Wildman–Crippen LogP) is 3.02. The molecule has 1 aliphatic heterocycles. The Morgan fingerprint density at radius 1 is 1.03 bits per heavy atom. The van der Waals surface area contributed by atoms with Crippen LogP contribution < -0.4 is 21.1 Å². The van der Waals surface area contributed by atoms with Gasteiger partial charge in [0.15, 0.2) is 0 Å². The summed E-state index contributed by atoms with van der Waals surface area (Å²) in [6.45, 7) is 2.71. The van der Waals surface area contributed by atoms with E-state index in [0.29, 0.717) is 17.8 Å². The monoisotopic (exact) mass is 522 g/mol. The molecule has 0 aliphatic carbocycles. The van der Waals surface area contributed by atoms with E-state index < -0.39 is 35.7 Å². The van der Waals surface area contributed by atoms with E-state index >= 15 is 0 Å². The number of nitrogens with one attached hydrogen (secondary N) is 3. The highest BCUT2D eigenvalue weighted by atomic mass is 19.1. The van der Waals surface area contributed by atoms with Gasteiger partial charge in [0.2, 0.25) is 11.8 Å². The number of aliphatic hydroxyl groups excluding tert-OH is 1. The van der Waals surface area contributed by atoms with Gasteiger partial charge in [-0.2, -0.15) is 0 Å². The van der Waals surface area contributed by atoms with Gasteiger partial charge in [-0.1, -0.05) is 49.4 Å². The van der Waals surface area contributed by atoms with Crippen LogP contribution in [0.25, 0.3) is 0 Å². The predicted molar refractivity (Wildman–Crippen MR) is 141 cm³/mol. The Kier molecular flexibility index (Phi) is 9.04. The first-order chi connectivity index (χ1) is 18.3. The van der Waals surface area contributed by atoms with E-state index in [-0.39, 0.29) is 25.3 Å². The number of para-hydroxylation sites is 1. The molecule has 1 fully saturated rings. The fraction of sp³-hybridized carbons (Fsp3) is 0.310. The molecule has 0 bridgehead atoms. The second-order valence-corrected chi connectivity index (χ2v) is 9.43. The Morgan fingerprint density at radius 3 is 2.45 bits per heavy atom. The maximum Gasteiger partial charge on any atom is 0.245 e. The molecule has 1 unspecified atom stereocenters. The third kappa shape index (κ3) is 7.14. The van der Waals surface area contributed by atoms with Crippen molar-refractivity contribution in [3.8, 4) is 0 Å². The zero-order chi connectivity index (χ0) is 27.1. The van der Waals surface area contributed by atoms with Crippen molar-refractivity contribution >= 4 is 17.5 Å². The highest BCUT2D eigenvalue weighted by Crippen LogP contribution is 2.21. The first-order valence-corrected chi connectivity index (χ1v) is 12.7. The largest absolute Gasteiger partial charge is 0.390 e. The number of hydrogen-bond donors (Lipinski definition) is 4. The van der Waals surface area contributed by atoms with Crippen molar-refractivity contribution in [2.45, 2.75) is 50.9 Å². The van der Waals surface area contributed by atoms with Crippen molar-refractivity contribution in [1.82, 2.24) is 16.1 Å². The lowest BCUT2D eigenvalue weighted by atomic mass is 9.99. The molecule has 9 heteroatoms. The van der Waals surface area contributed by atoms with Gasteiger partial charge in [0.1, 0.15) is 17.7 Å². The molecule has 7 nitrogen and oxygen atoms in total. The lowest BCUT2D eigenvalue weighted by Gasteiger charge is -2.29. The van der Waals surface area contributed by atoms with Crippen molar-refractivity contribution in [2.24, 2.45) is 0 Å². The van der Waals surface area contributed by atoms with Gasteiger partial charge in [0.05, 0.1) is 24.3 Å². The molecule has 3 aromatic carbocycles. The van der Waals surface area contributed by atoms with Crippen LogP contribution in [0.5, 0.6) is 0 Å². The average Bonchev–Trinajstić information content (AvgIpc) is 3.30. The van der Waals surface area contributed by atoms with Crippen LogP contribution in [0, 0.1) is 11.6 Å². The molecule has 200 valence electrons. The van der Waals surface area contributed by atoms with Gasteiger partial charge in [-0.15, -0.1) is 0 Å². The first kappa shape index (κ1) is 27.2. The number of hydrogen-bond acceptors (Lipinski definition) is 5. The normalized spacial score (nSPS) is 16.7. The number of carbonyl (C=O) groups excluding carboxylic acids is 2. The molecule has 4 rings (SSSR count). The van der Waals surface area contributed by atoms with Gasteiger partial charge in [0.25, 0.3) is 0 Å². The Labute approximate surface area is 220 Å². The fourth-order valence-electron chi connectivity index (χ4n) is 4.58. The van der Waals surface area contributed by atoms with Gasteiger partial charge in [-0.25, -0.2) is 8.78 Å². The number of halogens is 2. The fourth-order valence-corrected chi connectivity index (χ4v) is 4.58. The smallest absolute Gasteiger partial charge is 0.245 e. The SMILES string of the molecule is CCc1cccc(CNC[C@@H](O)[C@H](Cc2cc(F)cc(F)c2)NC(=O)C2CC(=O)NN2c2ccccc2)c1. The van der Waals surface area contributed by atoms with Crippen molar-refractivity contribution in [1.29, 1.82) is 0 Å². The molecular weight excluding hydrogens is 490 g/mol. The van der Waals surface area contributed by atoms with Crippen molar-refractivity contribution in [3.05, 3.63) is 101 Å². The van der Waals surface area contributed by atoms with E-state index in [1.807, 2.05) is 24.3 Å². The molecule has 0 aromatic heterocycles. The van der Waals surface area contributed by atoms with Crippen molar-refractivity contribution < 1.29 is 23.5 Å². The molecule has 0 spiro atoms. The van der Waals surface area contributed by atoms with Crippen LogP contribution in [0.1, 0.15) is 30.0 Å². The van der Waals surface area contributed by atoms with Crippen LogP contribution in [0.3, 0.4) is 0 Å². The Morgan fingerprint density at radius 2 is 1.74 bits per heavy atom. The molecule has 2 amide bonds. The third-order valence-electron chi connectivity index (χ3n) is 6.52. The van der Waals surface area contributed by atoms with Gasteiger partial charge >= 0.3 is 0 Å². The van der Waals surface area contributed by atoms with Gasteiger partial charge < -0.3 is 15.7 Å². The topological polar surface area (TPSA) is 93.7 Å². The summed E-state index contributed by atoms with van der Waals surface area (Å²) in [6, 6.07) is 18.4. The summed E-state index contributed by atoms with van der Waals surface area (Å²) in [6.07, 6.45) is -0.235. The summed E-state index contributed by atoms with van der Waals surface area (Å²) in [7, 11) is 0. The molecule has 4 N–H and O–H groups in total. The third-order valence-corrected chi connectivity index (χ3v) is 6.52. The maximum atomic E-state index is 13.9. The maximum absolute atomic E-state index is 13.9. The van der Waals surface area contributed by atoms with Gasteiger partial charge in [-0.05, 0) is 53.8 Å². The first-order valence-electron chi connectivity index (χ1n) is 12.7. The molecule has 38 heavy (non-hydrogen) atoms. The quantitative estimate of drug-likeness (QED) is 0.311. The summed E-state index contributed by atoms with van der Waals surface area (Å²) in [4.78, 5) is 25.5. The molecular formula is C29H32F2N4O3. The summed E-state index contributed by atoms with van der Waals surface area (Å²) in [5, 5.41) is 18.6. The van der Waals surface area contributed by atoms with Crippen LogP contribution in [0.15, 0.2) is 72.8 Å². The van der Waals surface area contributed by atoms with Crippen LogP contribution in [-0.2, 0) is 29.0 Å². The second-order valence-electron chi connectivity index (χ2n) is 9.43. The summed E-state index contributed by atoms with van der Waals surface area (Å²) < 4.78 is 27.7. The molecule has 0 saturated carbocycles. The number of anilines is 1. The molecule has 0 radical (unpaired) electrons. The number of aliphatic hydroxyl groups is 1. The van der Waals surface area contributed by atoms with E-state index in [1.165, 1.54) is 22.7 Å². The zero-order valence-electron chi connectivity index (χ0n) is 21.2. The summed E-state index contributed by atoms with van der Waals surface area (Å²) in [5.74, 6) is -2.28. The molecule has 1 aliphatic rings. The number of carbonyl (C=O) groups is 2. The van der Waals surface area contributed by atoms with Crippen molar-refractivity contribution in [2.75, 3.05) is 11.6 Å². The van der Waals surface area contributed by atoms with E-state index in [9.17, 15) is 23.5 Å². The van der Waals surface area contributed by atoms with Gasteiger partial charge in [-0.3, -0.25) is 20.0 Å². The number of benzene rings is 3. The minimum Gasteiger partial charge on any atom is -0.390 e. The van der Waals surface area contributed by atoms with Crippen LogP contribution in [-0.4, -0.2) is 41.7 Å². The highest BCUT2D eigenvalue weighted by Gasteiger charge is 2.37. The van der Waals surface area contributed by atoms with E-state index in [2.05, 4.69) is 29.0 Å². The highest BCUT2D eigenvalue weighted by molar-refractivity contribution is 5.95. The minimum absolute atomic E-state index is 0.00593. The number of amides is 2. The summed E-state index contributed by atoms with van der Waals surface area (Å²) >= 11 is 0. The Hall–Kier alpha value is -3.82. The lowest BCUT2D eigenvalue weighted by molar-refractivity contribution is -0.125. The minimum atomic E-state index is -1.07.